The van der Waals surface area contributed by atoms with Crippen LogP contribution in [0.2, 0.25) is 0 Å². The van der Waals surface area contributed by atoms with Crippen LogP contribution in [-0.4, -0.2) is 73.0 Å². The van der Waals surface area contributed by atoms with Crippen molar-refractivity contribution in [3.63, 3.8) is 0 Å². The van der Waals surface area contributed by atoms with Crippen LogP contribution < -0.4 is 16.0 Å². The summed E-state index contributed by atoms with van der Waals surface area (Å²) in [5.41, 5.74) is 15.2. The first-order chi connectivity index (χ1) is 19.8. The lowest BCUT2D eigenvalue weighted by molar-refractivity contribution is -0.0178. The van der Waals surface area contributed by atoms with Gasteiger partial charge < -0.3 is 26.2 Å². The van der Waals surface area contributed by atoms with Gasteiger partial charge >= 0.3 is 0 Å². The molecule has 0 aromatic heterocycles. The molecule has 1 aromatic rings. The van der Waals surface area contributed by atoms with Crippen LogP contribution in [0.3, 0.4) is 0 Å². The molecule has 1 heterocycles. The molecule has 4 atom stereocenters. The molecule has 1 aromatic carbocycles. The second-order valence-corrected chi connectivity index (χ2v) is 14.5. The predicted octanol–water partition coefficient (Wildman–Crippen LogP) is 5.33. The van der Waals surface area contributed by atoms with Crippen LogP contribution in [0.5, 0.6) is 0 Å². The quantitative estimate of drug-likeness (QED) is 0.342. The van der Waals surface area contributed by atoms with Crippen LogP contribution >= 0.6 is 11.8 Å². The van der Waals surface area contributed by atoms with Crippen molar-refractivity contribution in [1.29, 1.82) is 0 Å². The number of allylic oxidation sites excluding steroid dienone is 3. The number of hydrogen-bond donors (Lipinski definition) is 4. The maximum atomic E-state index is 12.6. The highest BCUT2D eigenvalue weighted by atomic mass is 32.2. The minimum atomic E-state index is -1.36. The van der Waals surface area contributed by atoms with Gasteiger partial charge in [-0.3, -0.25) is 4.90 Å². The summed E-state index contributed by atoms with van der Waals surface area (Å²) in [6.45, 7) is 19.1. The maximum absolute atomic E-state index is 12.6. The molecule has 0 spiro atoms. The fraction of sp³-hybridized carbons (Fsp3) is 0.543. The Labute approximate surface area is 257 Å². The Hall–Kier alpha value is -2.45. The number of nitrogens with one attached hydrogen (secondary N) is 1. The molecule has 42 heavy (non-hydrogen) atoms. The van der Waals surface area contributed by atoms with E-state index in [1.54, 1.807) is 0 Å². The van der Waals surface area contributed by atoms with Gasteiger partial charge in [-0.2, -0.15) is 11.8 Å². The summed E-state index contributed by atoms with van der Waals surface area (Å²) >= 11 is 2.07. The third-order valence-electron chi connectivity index (χ3n) is 10.4. The lowest BCUT2D eigenvalue weighted by Gasteiger charge is -2.54. The van der Waals surface area contributed by atoms with Gasteiger partial charge in [-0.25, -0.2) is 0 Å². The van der Waals surface area contributed by atoms with E-state index in [9.17, 15) is 10.2 Å². The van der Waals surface area contributed by atoms with Crippen molar-refractivity contribution in [2.24, 2.45) is 23.5 Å². The SMILES string of the molecule is C=C(N)C1=C(O)C(N(C)C)[C@@H]2C[C@@H]3Cc4c(N(C)C)cc(CNCC5CCSCC5)c(C)c4C(=C)C3=C(C)[C@]2(O)C1=C. The summed E-state index contributed by atoms with van der Waals surface area (Å²) in [7, 11) is 8.12. The Bertz CT molecular complexity index is 1380. The number of likely N-dealkylation sites (N-methyl/N-ethyl adjacent to an activating group) is 1. The number of hydrogen-bond acceptors (Lipinski definition) is 7. The van der Waals surface area contributed by atoms with Gasteiger partial charge in [-0.15, -0.1) is 0 Å². The minimum Gasteiger partial charge on any atom is -0.510 e. The first-order valence-electron chi connectivity index (χ1n) is 15.3. The minimum absolute atomic E-state index is 0.146. The van der Waals surface area contributed by atoms with Crippen LogP contribution in [0.4, 0.5) is 5.69 Å². The zero-order valence-electron chi connectivity index (χ0n) is 26.4. The number of aliphatic hydroxyl groups is 2. The number of aliphatic hydroxyl groups excluding tert-OH is 1. The molecule has 6 nitrogen and oxygen atoms in total. The molecule has 5 rings (SSSR count). The average Bonchev–Trinajstić information content (AvgIpc) is 2.92. The van der Waals surface area contributed by atoms with Crippen LogP contribution in [0, 0.1) is 24.7 Å². The van der Waals surface area contributed by atoms with E-state index in [2.05, 4.69) is 62.2 Å². The predicted molar refractivity (Wildman–Crippen MR) is 179 cm³/mol. The molecule has 3 aliphatic carbocycles. The Morgan fingerprint density at radius 3 is 2.43 bits per heavy atom. The Kier molecular flexibility index (Phi) is 8.53. The molecule has 228 valence electrons. The van der Waals surface area contributed by atoms with E-state index in [-0.39, 0.29) is 23.3 Å². The number of rotatable bonds is 7. The number of nitrogens with two attached hydrogens (primary N) is 1. The van der Waals surface area contributed by atoms with Crippen LogP contribution in [-0.2, 0) is 13.0 Å². The molecule has 1 saturated heterocycles. The number of thioether (sulfide) groups is 1. The van der Waals surface area contributed by atoms with E-state index >= 15 is 0 Å². The van der Waals surface area contributed by atoms with Crippen molar-refractivity contribution >= 4 is 23.0 Å². The Morgan fingerprint density at radius 2 is 1.83 bits per heavy atom. The molecule has 0 amide bonds. The van der Waals surface area contributed by atoms with Gasteiger partial charge in [-0.05, 0) is 134 Å². The molecule has 5 N–H and O–H groups in total. The normalized spacial score (nSPS) is 28.1. The van der Waals surface area contributed by atoms with Gasteiger partial charge in [-0.1, -0.05) is 19.7 Å². The van der Waals surface area contributed by atoms with Crippen molar-refractivity contribution in [3.05, 3.63) is 81.8 Å². The summed E-state index contributed by atoms with van der Waals surface area (Å²) in [4.78, 5) is 4.21. The summed E-state index contributed by atoms with van der Waals surface area (Å²) in [6.07, 6.45) is 4.16. The largest absolute Gasteiger partial charge is 0.510 e. The number of nitrogens with zero attached hydrogens (tertiary/aromatic N) is 2. The highest BCUT2D eigenvalue weighted by Gasteiger charge is 2.57. The maximum Gasteiger partial charge on any atom is 0.119 e. The Morgan fingerprint density at radius 1 is 1.17 bits per heavy atom. The van der Waals surface area contributed by atoms with Crippen LogP contribution in [0.1, 0.15) is 48.4 Å². The Balaban J connectivity index is 1.58. The van der Waals surface area contributed by atoms with E-state index in [0.717, 1.165) is 42.1 Å². The molecule has 4 aliphatic rings. The number of benzene rings is 1. The summed E-state index contributed by atoms with van der Waals surface area (Å²) < 4.78 is 0. The monoisotopic (exact) mass is 590 g/mol. The number of fused-ring (bicyclic) bond motifs is 3. The molecular formula is C35H50N4O2S. The van der Waals surface area contributed by atoms with Crippen molar-refractivity contribution in [3.8, 4) is 0 Å². The van der Waals surface area contributed by atoms with Gasteiger partial charge in [0.2, 0.25) is 0 Å². The second kappa shape index (κ2) is 11.6. The summed E-state index contributed by atoms with van der Waals surface area (Å²) in [6, 6.07) is 1.96. The highest BCUT2D eigenvalue weighted by molar-refractivity contribution is 7.99. The van der Waals surface area contributed by atoms with Crippen molar-refractivity contribution < 1.29 is 10.2 Å². The molecule has 1 fully saturated rings. The first-order valence-corrected chi connectivity index (χ1v) is 16.4. The molecule has 0 radical (unpaired) electrons. The fourth-order valence-corrected chi connectivity index (χ4v) is 9.52. The summed E-state index contributed by atoms with van der Waals surface area (Å²) in [5, 5.41) is 27.8. The summed E-state index contributed by atoms with van der Waals surface area (Å²) in [5.74, 6) is 3.34. The van der Waals surface area contributed by atoms with Gasteiger partial charge in [0.15, 0.2) is 0 Å². The molecule has 1 aliphatic heterocycles. The third-order valence-corrected chi connectivity index (χ3v) is 11.5. The number of anilines is 1. The van der Waals surface area contributed by atoms with Crippen molar-refractivity contribution in [1.82, 2.24) is 10.2 Å². The first kappa shape index (κ1) is 31.0. The van der Waals surface area contributed by atoms with E-state index in [1.165, 1.54) is 52.3 Å². The molecule has 0 bridgehead atoms. The molecule has 7 heteroatoms. The van der Waals surface area contributed by atoms with Crippen molar-refractivity contribution in [2.75, 3.05) is 51.1 Å². The average molecular weight is 591 g/mol. The van der Waals surface area contributed by atoms with Gasteiger partial charge in [0, 0.05) is 43.5 Å². The fourth-order valence-electron chi connectivity index (χ4n) is 8.31. The molecule has 0 saturated carbocycles. The zero-order chi connectivity index (χ0) is 30.7. The van der Waals surface area contributed by atoms with E-state index in [0.29, 0.717) is 17.6 Å². The molecular weight excluding hydrogens is 540 g/mol. The van der Waals surface area contributed by atoms with Gasteiger partial charge in [0.25, 0.3) is 0 Å². The smallest absolute Gasteiger partial charge is 0.119 e. The standard InChI is InChI=1S/C35H50N4O2S/c1-19-26(18-37-17-24-10-12-42-13-11-24)16-29(38(6)7)27-14-25-15-28-33(39(8)9)34(40)32(23(5)36)22(4)35(28,41)21(3)31(25)20(2)30(19)27/h16,24-25,28,33,37,40-41H,2,4-5,10-15,17-18,36H2,1,3,6-9H3/t25-,28-,33?,35-/m0/s1. The lowest BCUT2D eigenvalue weighted by Crippen LogP contribution is -2.58. The van der Waals surface area contributed by atoms with E-state index in [1.807, 2.05) is 25.9 Å². The van der Waals surface area contributed by atoms with Gasteiger partial charge in [0.1, 0.15) is 11.4 Å². The zero-order valence-corrected chi connectivity index (χ0v) is 27.3. The topological polar surface area (TPSA) is 85.0 Å². The lowest BCUT2D eigenvalue weighted by atomic mass is 9.55. The van der Waals surface area contributed by atoms with E-state index in [4.69, 9.17) is 12.3 Å². The van der Waals surface area contributed by atoms with E-state index < -0.39 is 11.6 Å². The van der Waals surface area contributed by atoms with Crippen molar-refractivity contribution in [2.45, 2.75) is 57.7 Å². The highest BCUT2D eigenvalue weighted by Crippen LogP contribution is 2.58. The van der Waals surface area contributed by atoms with Crippen LogP contribution in [0.15, 0.2) is 59.6 Å². The third kappa shape index (κ3) is 4.86. The van der Waals surface area contributed by atoms with Gasteiger partial charge in [0.05, 0.1) is 6.04 Å². The molecule has 1 unspecified atom stereocenters. The van der Waals surface area contributed by atoms with Crippen LogP contribution in [0.25, 0.3) is 5.57 Å². The second-order valence-electron chi connectivity index (χ2n) is 13.3.